The number of carbonyl (C=O) groups is 2. The summed E-state index contributed by atoms with van der Waals surface area (Å²) in [6, 6.07) is -0.546. The molecule has 0 rings (SSSR count). The molecule has 0 aromatic heterocycles. The van der Waals surface area contributed by atoms with Gasteiger partial charge in [-0.3, -0.25) is 9.59 Å². The van der Waals surface area contributed by atoms with E-state index in [2.05, 4.69) is 43.5 Å². The van der Waals surface area contributed by atoms with Crippen LogP contribution >= 0.6 is 0 Å². The second-order valence-corrected chi connectivity index (χ2v) is 22.8. The van der Waals surface area contributed by atoms with Crippen LogP contribution in [0.2, 0.25) is 0 Å². The fourth-order valence-electron chi connectivity index (χ4n) is 10.4. The topological polar surface area (TPSA) is 95.9 Å². The summed E-state index contributed by atoms with van der Waals surface area (Å²) >= 11 is 0. The number of ether oxygens (including phenoxy) is 1. The van der Waals surface area contributed by atoms with Crippen LogP contribution in [0.5, 0.6) is 0 Å². The van der Waals surface area contributed by atoms with E-state index < -0.39 is 12.1 Å². The first-order valence-corrected chi connectivity index (χ1v) is 33.1. The lowest BCUT2D eigenvalue weighted by Gasteiger charge is -2.22. The second-order valence-electron chi connectivity index (χ2n) is 22.8. The Morgan fingerprint density at radius 3 is 1.05 bits per heavy atom. The number of aliphatic hydroxyl groups excluding tert-OH is 2. The van der Waals surface area contributed by atoms with Gasteiger partial charge in [0.05, 0.1) is 25.4 Å². The van der Waals surface area contributed by atoms with Crippen LogP contribution in [0, 0.1) is 0 Å². The van der Waals surface area contributed by atoms with Crippen molar-refractivity contribution in [1.82, 2.24) is 5.32 Å². The highest BCUT2D eigenvalue weighted by Crippen LogP contribution is 2.18. The summed E-state index contributed by atoms with van der Waals surface area (Å²) in [7, 11) is 0. The predicted molar refractivity (Wildman–Crippen MR) is 320 cm³/mol. The van der Waals surface area contributed by atoms with E-state index in [-0.39, 0.29) is 18.5 Å². The van der Waals surface area contributed by atoms with Crippen LogP contribution in [-0.4, -0.2) is 47.4 Å². The van der Waals surface area contributed by atoms with E-state index in [4.69, 9.17) is 4.74 Å². The summed E-state index contributed by atoms with van der Waals surface area (Å²) in [6.45, 7) is 4.96. The average Bonchev–Trinajstić information content (AvgIpc) is 3.39. The molecule has 73 heavy (non-hydrogen) atoms. The molecule has 0 spiro atoms. The first-order valence-electron chi connectivity index (χ1n) is 33.1. The Balaban J connectivity index is 3.40. The van der Waals surface area contributed by atoms with Gasteiger partial charge in [0.25, 0.3) is 0 Å². The lowest BCUT2D eigenvalue weighted by atomic mass is 10.0. The maximum absolute atomic E-state index is 12.5. The van der Waals surface area contributed by atoms with Crippen molar-refractivity contribution >= 4 is 11.9 Å². The largest absolute Gasteiger partial charge is 0.466 e. The number of aliphatic hydroxyl groups is 2. The third-order valence-electron chi connectivity index (χ3n) is 15.5. The standard InChI is InChI=1S/C67H129NO5/c1-3-5-7-9-11-13-15-17-19-21-23-24-27-31-35-39-43-47-51-55-59-65(70)64(63-69)68-66(71)60-56-52-48-44-40-36-32-28-25-26-30-34-38-42-46-50-54-58-62-73-67(72)61-57-53-49-45-41-37-33-29-22-20-18-16-14-12-10-8-6-4-2/h14,16,20,22,64-65,69-70H,3-13,15,17-19,21,23-63H2,1-2H3,(H,68,71)/b16-14-,22-20-. The molecule has 0 aliphatic heterocycles. The third-order valence-corrected chi connectivity index (χ3v) is 15.5. The van der Waals surface area contributed by atoms with Crippen molar-refractivity contribution in [3.8, 4) is 0 Å². The highest BCUT2D eigenvalue weighted by molar-refractivity contribution is 5.76. The van der Waals surface area contributed by atoms with Crippen LogP contribution in [-0.2, 0) is 14.3 Å². The molecule has 6 heteroatoms. The van der Waals surface area contributed by atoms with Crippen molar-refractivity contribution in [1.29, 1.82) is 0 Å². The zero-order valence-electron chi connectivity index (χ0n) is 49.4. The third kappa shape index (κ3) is 59.4. The highest BCUT2D eigenvalue weighted by atomic mass is 16.5. The zero-order valence-corrected chi connectivity index (χ0v) is 49.4. The molecule has 0 aromatic rings. The Labute approximate surface area is 456 Å². The monoisotopic (exact) mass is 1030 g/mol. The van der Waals surface area contributed by atoms with E-state index >= 15 is 0 Å². The molecule has 0 saturated heterocycles. The summed E-state index contributed by atoms with van der Waals surface area (Å²) in [6.07, 6.45) is 77.6. The maximum atomic E-state index is 12.5. The molecule has 6 nitrogen and oxygen atoms in total. The van der Waals surface area contributed by atoms with Crippen molar-refractivity contribution in [3.05, 3.63) is 24.3 Å². The van der Waals surface area contributed by atoms with Gasteiger partial charge in [-0.2, -0.15) is 0 Å². The Kier molecular flexibility index (Phi) is 61.4. The molecule has 0 heterocycles. The fourth-order valence-corrected chi connectivity index (χ4v) is 10.4. The number of nitrogens with one attached hydrogen (secondary N) is 1. The molecule has 0 aliphatic rings. The average molecular weight is 1030 g/mol. The molecule has 0 aromatic carbocycles. The van der Waals surface area contributed by atoms with Gasteiger partial charge in [0.15, 0.2) is 0 Å². The molecule has 2 unspecified atom stereocenters. The smallest absolute Gasteiger partial charge is 0.305 e. The molecule has 0 saturated carbocycles. The van der Waals surface area contributed by atoms with Gasteiger partial charge >= 0.3 is 5.97 Å². The molecule has 1 amide bonds. The van der Waals surface area contributed by atoms with Crippen molar-refractivity contribution < 1.29 is 24.5 Å². The number of unbranched alkanes of at least 4 members (excludes halogenated alkanes) is 47. The van der Waals surface area contributed by atoms with Crippen molar-refractivity contribution in [2.75, 3.05) is 13.2 Å². The molecule has 432 valence electrons. The SMILES string of the molecule is CCCCCC/C=C\C/C=C\CCCCCCCCCC(=O)OCCCCCCCCCCCCCCCCCCCCC(=O)NC(CO)C(O)CCCCCCCCCCCCCCCCCCCCCC. The van der Waals surface area contributed by atoms with Crippen LogP contribution in [0.4, 0.5) is 0 Å². The number of hydrogen-bond acceptors (Lipinski definition) is 5. The van der Waals surface area contributed by atoms with Gasteiger partial charge < -0.3 is 20.3 Å². The van der Waals surface area contributed by atoms with Crippen LogP contribution in [0.25, 0.3) is 0 Å². The molecule has 3 N–H and O–H groups in total. The summed E-state index contributed by atoms with van der Waals surface area (Å²) < 4.78 is 5.49. The lowest BCUT2D eigenvalue weighted by molar-refractivity contribution is -0.143. The van der Waals surface area contributed by atoms with Crippen LogP contribution in [0.3, 0.4) is 0 Å². The van der Waals surface area contributed by atoms with Crippen LogP contribution in [0.1, 0.15) is 367 Å². The van der Waals surface area contributed by atoms with Gasteiger partial charge in [-0.25, -0.2) is 0 Å². The van der Waals surface area contributed by atoms with Crippen LogP contribution in [0.15, 0.2) is 24.3 Å². The van der Waals surface area contributed by atoms with Gasteiger partial charge in [0.2, 0.25) is 5.91 Å². The fraction of sp³-hybridized carbons (Fsp3) is 0.910. The second kappa shape index (κ2) is 62.9. The molecule has 2 atom stereocenters. The Bertz CT molecular complexity index is 1140. The minimum absolute atomic E-state index is 0.000957. The number of amides is 1. The molecule has 0 bridgehead atoms. The Morgan fingerprint density at radius 1 is 0.384 bits per heavy atom. The van der Waals surface area contributed by atoms with E-state index in [1.54, 1.807) is 0 Å². The first-order chi connectivity index (χ1) is 36.0. The summed E-state index contributed by atoms with van der Waals surface area (Å²) in [5, 5.41) is 23.4. The Hall–Kier alpha value is -1.66. The number of allylic oxidation sites excluding steroid dienone is 4. The quantitative estimate of drug-likeness (QED) is 0.0320. The molecule has 0 radical (unpaired) electrons. The maximum Gasteiger partial charge on any atom is 0.305 e. The normalized spacial score (nSPS) is 12.7. The predicted octanol–water partition coefficient (Wildman–Crippen LogP) is 21.0. The van der Waals surface area contributed by atoms with Gasteiger partial charge in [0, 0.05) is 12.8 Å². The molecular weight excluding hydrogens is 899 g/mol. The minimum Gasteiger partial charge on any atom is -0.466 e. The minimum atomic E-state index is -0.668. The van der Waals surface area contributed by atoms with E-state index in [9.17, 15) is 19.8 Å². The van der Waals surface area contributed by atoms with E-state index in [0.717, 1.165) is 51.4 Å². The van der Waals surface area contributed by atoms with Crippen LogP contribution < -0.4 is 5.32 Å². The zero-order chi connectivity index (χ0) is 52.9. The van der Waals surface area contributed by atoms with Gasteiger partial charge in [-0.05, 0) is 57.8 Å². The lowest BCUT2D eigenvalue weighted by Crippen LogP contribution is -2.45. The van der Waals surface area contributed by atoms with Gasteiger partial charge in [-0.15, -0.1) is 0 Å². The number of esters is 1. The van der Waals surface area contributed by atoms with Gasteiger partial charge in [0.1, 0.15) is 0 Å². The Morgan fingerprint density at radius 2 is 0.685 bits per heavy atom. The van der Waals surface area contributed by atoms with Gasteiger partial charge in [-0.1, -0.05) is 321 Å². The van der Waals surface area contributed by atoms with Crippen molar-refractivity contribution in [2.24, 2.45) is 0 Å². The summed E-state index contributed by atoms with van der Waals surface area (Å²) in [5.74, 6) is -0.0345. The molecule has 0 aliphatic carbocycles. The number of hydrogen-bond donors (Lipinski definition) is 3. The number of carbonyl (C=O) groups excluding carboxylic acids is 2. The number of rotatable bonds is 62. The van der Waals surface area contributed by atoms with E-state index in [1.165, 1.54) is 283 Å². The van der Waals surface area contributed by atoms with Crippen molar-refractivity contribution in [2.45, 2.75) is 379 Å². The summed E-state index contributed by atoms with van der Waals surface area (Å²) in [5.41, 5.74) is 0. The molecular formula is C67H129NO5. The van der Waals surface area contributed by atoms with Crippen molar-refractivity contribution in [3.63, 3.8) is 0 Å². The highest BCUT2D eigenvalue weighted by Gasteiger charge is 2.20. The van der Waals surface area contributed by atoms with E-state index in [1.807, 2.05) is 0 Å². The van der Waals surface area contributed by atoms with E-state index in [0.29, 0.717) is 25.9 Å². The molecule has 0 fully saturated rings. The summed E-state index contributed by atoms with van der Waals surface area (Å²) in [4.78, 5) is 24.6. The first kappa shape index (κ1) is 71.3.